The number of benzene rings is 6. The number of hydrogen-bond acceptors (Lipinski definition) is 3. The van der Waals surface area contributed by atoms with E-state index in [0.29, 0.717) is 0 Å². The van der Waals surface area contributed by atoms with E-state index in [-0.39, 0.29) is 23.0 Å². The predicted octanol–water partition coefficient (Wildman–Crippen LogP) is 14.0. The van der Waals surface area contributed by atoms with E-state index in [4.69, 9.17) is 0 Å². The van der Waals surface area contributed by atoms with E-state index >= 15 is 0 Å². The van der Waals surface area contributed by atoms with E-state index in [1.54, 1.807) is 0 Å². The Bertz CT molecular complexity index is 2810. The van der Waals surface area contributed by atoms with Gasteiger partial charge in [-0.3, -0.25) is 0 Å². The molecule has 4 heteroatoms. The Hall–Kier alpha value is -5.74. The van der Waals surface area contributed by atoms with Crippen molar-refractivity contribution in [2.75, 3.05) is 14.7 Å². The highest BCUT2D eigenvalue weighted by atomic mass is 15.2. The minimum absolute atomic E-state index is 0.0386. The van der Waals surface area contributed by atoms with E-state index < -0.39 is 0 Å². The summed E-state index contributed by atoms with van der Waals surface area (Å²) < 4.78 is 0. The lowest BCUT2D eigenvalue weighted by Crippen LogP contribution is -2.62. The molecule has 0 radical (unpaired) electrons. The quantitative estimate of drug-likeness (QED) is 0.160. The topological polar surface area (TPSA) is 9.72 Å². The van der Waals surface area contributed by atoms with E-state index in [0.717, 1.165) is 12.8 Å². The average Bonchev–Trinajstić information content (AvgIpc) is 3.24. The van der Waals surface area contributed by atoms with E-state index in [1.807, 2.05) is 0 Å². The molecule has 0 bridgehead atoms. The van der Waals surface area contributed by atoms with Gasteiger partial charge >= 0.3 is 0 Å². The van der Waals surface area contributed by atoms with Crippen molar-refractivity contribution in [3.8, 4) is 0 Å². The molecule has 0 amide bonds. The predicted molar refractivity (Wildman–Crippen MR) is 268 cm³/mol. The van der Waals surface area contributed by atoms with Crippen molar-refractivity contribution in [2.45, 2.75) is 118 Å². The molecule has 0 aromatic heterocycles. The second kappa shape index (κ2) is 14.4. The van der Waals surface area contributed by atoms with Crippen molar-refractivity contribution in [3.05, 3.63) is 172 Å². The summed E-state index contributed by atoms with van der Waals surface area (Å²) in [5, 5.41) is 0. The zero-order valence-corrected chi connectivity index (χ0v) is 38.9. The summed E-state index contributed by atoms with van der Waals surface area (Å²) in [6.45, 7) is 26.1. The van der Waals surface area contributed by atoms with Gasteiger partial charge in [0, 0.05) is 39.8 Å². The molecular formula is C58H62BN3. The van der Waals surface area contributed by atoms with Crippen molar-refractivity contribution >= 4 is 68.6 Å². The highest BCUT2D eigenvalue weighted by molar-refractivity contribution is 7.00. The Balaban J connectivity index is 1.31. The molecule has 4 aliphatic rings. The van der Waals surface area contributed by atoms with Crippen molar-refractivity contribution in [2.24, 2.45) is 0 Å². The Kier molecular flexibility index (Phi) is 9.38. The number of rotatable bonds is 5. The van der Waals surface area contributed by atoms with Gasteiger partial charge in [-0.05, 0) is 173 Å². The van der Waals surface area contributed by atoms with Gasteiger partial charge in [0.15, 0.2) is 0 Å². The van der Waals surface area contributed by atoms with Gasteiger partial charge < -0.3 is 14.7 Å². The number of nitrogens with zero attached hydrogens (tertiary/aromatic N) is 3. The van der Waals surface area contributed by atoms with Crippen LogP contribution in [0.1, 0.15) is 113 Å². The van der Waals surface area contributed by atoms with Crippen molar-refractivity contribution < 1.29 is 0 Å². The van der Waals surface area contributed by atoms with Gasteiger partial charge in [-0.1, -0.05) is 127 Å². The van der Waals surface area contributed by atoms with Gasteiger partial charge in [-0.2, -0.15) is 0 Å². The SMILES string of the molecule is Cc1cccc(C)c1N1c2cc(N(C3=CCCC=C3)c3ccccc3)ccc2B2c3cc4c(cc3N(c3c(C)cc(C(C)(C)C)cc3C)c3cccc1c32)C(C)(C)CCC4(C)C. The Labute approximate surface area is 371 Å². The van der Waals surface area contributed by atoms with Crippen LogP contribution in [0.4, 0.5) is 45.5 Å². The zero-order valence-electron chi connectivity index (χ0n) is 38.9. The van der Waals surface area contributed by atoms with Crippen molar-refractivity contribution in [1.82, 2.24) is 0 Å². The van der Waals surface area contributed by atoms with Crippen LogP contribution < -0.4 is 31.1 Å². The highest BCUT2D eigenvalue weighted by Gasteiger charge is 2.47. The molecule has 0 atom stereocenters. The average molecular weight is 812 g/mol. The Morgan fingerprint density at radius 2 is 1.13 bits per heavy atom. The Morgan fingerprint density at radius 1 is 0.548 bits per heavy atom. The van der Waals surface area contributed by atoms with Crippen LogP contribution in [0, 0.1) is 27.7 Å². The lowest BCUT2D eigenvalue weighted by Gasteiger charge is -2.48. The smallest absolute Gasteiger partial charge is 0.252 e. The fourth-order valence-corrected chi connectivity index (χ4v) is 11.3. The summed E-state index contributed by atoms with van der Waals surface area (Å²) in [6.07, 6.45) is 11.5. The van der Waals surface area contributed by atoms with E-state index in [9.17, 15) is 0 Å². The molecule has 0 spiro atoms. The van der Waals surface area contributed by atoms with E-state index in [2.05, 4.69) is 218 Å². The zero-order chi connectivity index (χ0) is 43.5. The van der Waals surface area contributed by atoms with Gasteiger partial charge in [-0.15, -0.1) is 0 Å². The largest absolute Gasteiger partial charge is 0.311 e. The van der Waals surface area contributed by atoms with Gasteiger partial charge in [0.1, 0.15) is 0 Å². The second-order valence-electron chi connectivity index (χ2n) is 21.0. The first-order valence-corrected chi connectivity index (χ1v) is 23.0. The number of fused-ring (bicyclic) bond motifs is 5. The summed E-state index contributed by atoms with van der Waals surface area (Å²) in [6, 6.07) is 42.3. The van der Waals surface area contributed by atoms with Crippen LogP contribution in [0.5, 0.6) is 0 Å². The fraction of sp³-hybridized carbons (Fsp3) is 0.310. The minimum Gasteiger partial charge on any atom is -0.311 e. The second-order valence-corrected chi connectivity index (χ2v) is 21.0. The molecule has 2 aliphatic carbocycles. The maximum Gasteiger partial charge on any atom is 0.252 e. The molecule has 2 heterocycles. The summed E-state index contributed by atoms with van der Waals surface area (Å²) in [5.41, 5.74) is 25.1. The van der Waals surface area contributed by atoms with Gasteiger partial charge in [0.2, 0.25) is 0 Å². The van der Waals surface area contributed by atoms with Crippen LogP contribution in [-0.4, -0.2) is 6.71 Å². The molecule has 0 saturated heterocycles. The molecular weight excluding hydrogens is 749 g/mol. The number of allylic oxidation sites excluding steroid dienone is 3. The molecule has 6 aromatic carbocycles. The molecule has 6 aromatic rings. The molecule has 312 valence electrons. The summed E-state index contributed by atoms with van der Waals surface area (Å²) in [7, 11) is 0. The minimum atomic E-state index is 0.0386. The molecule has 10 rings (SSSR count). The standard InChI is InChI=1S/C58H62BN3/c1-37-20-18-21-38(2)54(37)61-49-26-19-27-50-53(49)59(47-29-28-44(34-51(47)61)60(42-22-14-12-15-23-42)43-24-16-13-17-25-43)48-35-45-46(58(10,11)31-30-57(45,8)9)36-52(48)62(50)55-39(3)32-41(33-40(55)4)56(5,6)7/h12,14-16,18-29,32-36H,13,17,30-31H2,1-11H3. The molecule has 0 unspecified atom stereocenters. The summed E-state index contributed by atoms with van der Waals surface area (Å²) in [4.78, 5) is 7.74. The highest BCUT2D eigenvalue weighted by Crippen LogP contribution is 2.52. The lowest BCUT2D eigenvalue weighted by molar-refractivity contribution is 0.332. The van der Waals surface area contributed by atoms with Crippen LogP contribution in [0.3, 0.4) is 0 Å². The summed E-state index contributed by atoms with van der Waals surface area (Å²) in [5.74, 6) is 0. The van der Waals surface area contributed by atoms with Crippen LogP contribution in [0.25, 0.3) is 0 Å². The third kappa shape index (κ3) is 6.30. The van der Waals surface area contributed by atoms with Crippen LogP contribution in [-0.2, 0) is 16.2 Å². The van der Waals surface area contributed by atoms with Gasteiger partial charge in [0.05, 0.1) is 11.4 Å². The molecule has 2 aliphatic heterocycles. The lowest BCUT2D eigenvalue weighted by atomic mass is 9.33. The number of aryl methyl sites for hydroxylation is 4. The number of para-hydroxylation sites is 2. The number of anilines is 8. The van der Waals surface area contributed by atoms with E-state index in [1.165, 1.54) is 119 Å². The monoisotopic (exact) mass is 812 g/mol. The van der Waals surface area contributed by atoms with Crippen LogP contribution in [0.15, 0.2) is 133 Å². The van der Waals surface area contributed by atoms with Crippen molar-refractivity contribution in [1.29, 1.82) is 0 Å². The maximum atomic E-state index is 2.67. The molecule has 0 saturated carbocycles. The first-order chi connectivity index (χ1) is 29.5. The molecule has 0 N–H and O–H groups in total. The molecule has 0 fully saturated rings. The third-order valence-electron chi connectivity index (χ3n) is 14.7. The fourth-order valence-electron chi connectivity index (χ4n) is 11.3. The third-order valence-corrected chi connectivity index (χ3v) is 14.7. The normalized spacial score (nSPS) is 16.9. The van der Waals surface area contributed by atoms with Crippen molar-refractivity contribution in [3.63, 3.8) is 0 Å². The number of hydrogen-bond donors (Lipinski definition) is 0. The molecule has 3 nitrogen and oxygen atoms in total. The molecule has 62 heavy (non-hydrogen) atoms. The summed E-state index contributed by atoms with van der Waals surface area (Å²) >= 11 is 0. The van der Waals surface area contributed by atoms with Gasteiger partial charge in [-0.25, -0.2) is 0 Å². The Morgan fingerprint density at radius 3 is 1.73 bits per heavy atom. The maximum absolute atomic E-state index is 2.67. The van der Waals surface area contributed by atoms with Crippen LogP contribution in [0.2, 0.25) is 0 Å². The first kappa shape index (κ1) is 40.3. The van der Waals surface area contributed by atoms with Crippen LogP contribution >= 0.6 is 0 Å². The van der Waals surface area contributed by atoms with Gasteiger partial charge in [0.25, 0.3) is 6.71 Å². The first-order valence-electron chi connectivity index (χ1n) is 23.0.